The van der Waals surface area contributed by atoms with Crippen molar-refractivity contribution < 1.29 is 9.63 Å². The number of amides is 1. The van der Waals surface area contributed by atoms with Crippen LogP contribution in [0.25, 0.3) is 0 Å². The Hall–Kier alpha value is -1.43. The number of thiazole rings is 1. The van der Waals surface area contributed by atoms with E-state index in [1.807, 2.05) is 0 Å². The first-order valence-corrected chi connectivity index (χ1v) is 3.97. The maximum Gasteiger partial charge on any atom is 0.213 e. The van der Waals surface area contributed by atoms with Crippen LogP contribution in [0.15, 0.2) is 10.5 Å². The smallest absolute Gasteiger partial charge is 0.213 e. The number of aromatic nitrogens is 1. The van der Waals surface area contributed by atoms with Gasteiger partial charge in [0.05, 0.1) is 11.9 Å². The lowest BCUT2D eigenvalue weighted by atomic mass is 10.6. The lowest BCUT2D eigenvalue weighted by molar-refractivity contribution is -0.105. The SMILES string of the molecule is CON=Cc1csc(NC=O)n1. The normalized spacial score (nSPS) is 10.1. The summed E-state index contributed by atoms with van der Waals surface area (Å²) in [7, 11) is 1.45. The van der Waals surface area contributed by atoms with Crippen LogP contribution in [0.3, 0.4) is 0 Å². The Kier molecular flexibility index (Phi) is 3.21. The highest BCUT2D eigenvalue weighted by Gasteiger charge is 1.96. The largest absolute Gasteiger partial charge is 0.399 e. The van der Waals surface area contributed by atoms with Gasteiger partial charge < -0.3 is 10.2 Å². The summed E-state index contributed by atoms with van der Waals surface area (Å²) in [5, 5.41) is 8.25. The zero-order valence-corrected chi connectivity index (χ0v) is 7.17. The van der Waals surface area contributed by atoms with Gasteiger partial charge >= 0.3 is 0 Å². The van der Waals surface area contributed by atoms with Gasteiger partial charge in [0, 0.05) is 5.38 Å². The van der Waals surface area contributed by atoms with Gasteiger partial charge in [-0.05, 0) is 0 Å². The number of nitrogens with zero attached hydrogens (tertiary/aromatic N) is 2. The summed E-state index contributed by atoms with van der Waals surface area (Å²) >= 11 is 1.32. The standard InChI is InChI=1S/C6H7N3O2S/c1-11-8-2-5-3-12-6(9-5)7-4-10/h2-4H,1H3,(H,7,9,10). The van der Waals surface area contributed by atoms with E-state index in [0.717, 1.165) is 0 Å². The second-order valence-corrected chi connectivity index (χ2v) is 2.61. The number of carbonyl (C=O) groups is 1. The molecule has 0 aliphatic heterocycles. The summed E-state index contributed by atoms with van der Waals surface area (Å²) in [4.78, 5) is 18.4. The summed E-state index contributed by atoms with van der Waals surface area (Å²) in [6, 6.07) is 0. The number of hydrogen-bond acceptors (Lipinski definition) is 5. The molecular weight excluding hydrogens is 178 g/mol. The van der Waals surface area contributed by atoms with E-state index < -0.39 is 0 Å². The summed E-state index contributed by atoms with van der Waals surface area (Å²) < 4.78 is 0. The molecule has 0 saturated heterocycles. The second kappa shape index (κ2) is 4.45. The molecule has 1 aromatic heterocycles. The Morgan fingerprint density at radius 3 is 3.33 bits per heavy atom. The molecule has 0 radical (unpaired) electrons. The quantitative estimate of drug-likeness (QED) is 0.426. The van der Waals surface area contributed by atoms with E-state index in [9.17, 15) is 4.79 Å². The monoisotopic (exact) mass is 185 g/mol. The van der Waals surface area contributed by atoms with Gasteiger partial charge in [0.1, 0.15) is 7.11 Å². The molecule has 1 rings (SSSR count). The zero-order valence-electron chi connectivity index (χ0n) is 6.35. The lowest BCUT2D eigenvalue weighted by Gasteiger charge is -1.85. The van der Waals surface area contributed by atoms with E-state index >= 15 is 0 Å². The number of nitrogens with one attached hydrogen (secondary N) is 1. The molecule has 0 aromatic carbocycles. The molecule has 0 spiro atoms. The van der Waals surface area contributed by atoms with Crippen molar-refractivity contribution in [3.05, 3.63) is 11.1 Å². The predicted octanol–water partition coefficient (Wildman–Crippen LogP) is 0.692. The Balaban J connectivity index is 2.63. The van der Waals surface area contributed by atoms with Gasteiger partial charge in [0.15, 0.2) is 5.13 Å². The predicted molar refractivity (Wildman–Crippen MR) is 46.4 cm³/mol. The van der Waals surface area contributed by atoms with E-state index in [0.29, 0.717) is 17.2 Å². The molecule has 0 aliphatic rings. The molecule has 5 nitrogen and oxygen atoms in total. The molecule has 0 saturated carbocycles. The zero-order chi connectivity index (χ0) is 8.81. The molecule has 12 heavy (non-hydrogen) atoms. The van der Waals surface area contributed by atoms with Crippen LogP contribution in [0.1, 0.15) is 5.69 Å². The fourth-order valence-electron chi connectivity index (χ4n) is 0.569. The minimum atomic E-state index is 0.544. The number of rotatable bonds is 4. The molecule has 0 unspecified atom stereocenters. The Labute approximate surface area is 73.1 Å². The van der Waals surface area contributed by atoms with Crippen molar-refractivity contribution in [2.75, 3.05) is 12.4 Å². The summed E-state index contributed by atoms with van der Waals surface area (Å²) in [6.45, 7) is 0. The first-order valence-electron chi connectivity index (χ1n) is 3.09. The van der Waals surface area contributed by atoms with Crippen molar-refractivity contribution in [3.63, 3.8) is 0 Å². The van der Waals surface area contributed by atoms with Crippen LogP contribution in [0.2, 0.25) is 0 Å². The van der Waals surface area contributed by atoms with Crippen molar-refractivity contribution in [2.24, 2.45) is 5.16 Å². The fraction of sp³-hybridized carbons (Fsp3) is 0.167. The molecule has 0 aliphatic carbocycles. The molecular formula is C6H7N3O2S. The highest BCUT2D eigenvalue weighted by Crippen LogP contribution is 2.12. The van der Waals surface area contributed by atoms with E-state index in [2.05, 4.69) is 20.3 Å². The first kappa shape index (κ1) is 8.66. The molecule has 1 N–H and O–H groups in total. The van der Waals surface area contributed by atoms with Crippen LogP contribution in [-0.4, -0.2) is 24.7 Å². The van der Waals surface area contributed by atoms with Gasteiger partial charge in [-0.2, -0.15) is 0 Å². The first-order chi connectivity index (χ1) is 5.86. The van der Waals surface area contributed by atoms with Gasteiger partial charge in [-0.15, -0.1) is 11.3 Å². The molecule has 1 aromatic rings. The van der Waals surface area contributed by atoms with Crippen LogP contribution < -0.4 is 5.32 Å². The number of oxime groups is 1. The third-order valence-corrected chi connectivity index (χ3v) is 1.79. The molecule has 1 amide bonds. The maximum absolute atomic E-state index is 9.99. The number of carbonyl (C=O) groups excluding carboxylic acids is 1. The summed E-state index contributed by atoms with van der Waals surface area (Å²) in [6.07, 6.45) is 2.04. The van der Waals surface area contributed by atoms with E-state index in [1.165, 1.54) is 24.7 Å². The Morgan fingerprint density at radius 2 is 2.67 bits per heavy atom. The van der Waals surface area contributed by atoms with E-state index in [1.54, 1.807) is 5.38 Å². The fourth-order valence-corrected chi connectivity index (χ4v) is 1.19. The Morgan fingerprint density at radius 1 is 1.83 bits per heavy atom. The summed E-state index contributed by atoms with van der Waals surface area (Å²) in [5.41, 5.74) is 0.659. The van der Waals surface area contributed by atoms with Crippen molar-refractivity contribution >= 4 is 29.1 Å². The van der Waals surface area contributed by atoms with Crippen molar-refractivity contribution in [2.45, 2.75) is 0 Å². The maximum atomic E-state index is 9.99. The molecule has 1 heterocycles. The van der Waals surface area contributed by atoms with Gasteiger partial charge in [-0.3, -0.25) is 4.79 Å². The minimum Gasteiger partial charge on any atom is -0.399 e. The molecule has 6 heteroatoms. The number of hydrogen-bond donors (Lipinski definition) is 1. The highest BCUT2D eigenvalue weighted by atomic mass is 32.1. The topological polar surface area (TPSA) is 63.6 Å². The van der Waals surface area contributed by atoms with Crippen LogP contribution >= 0.6 is 11.3 Å². The number of anilines is 1. The molecule has 0 bridgehead atoms. The average molecular weight is 185 g/mol. The van der Waals surface area contributed by atoms with Crippen LogP contribution in [0.4, 0.5) is 5.13 Å². The van der Waals surface area contributed by atoms with Gasteiger partial charge in [-0.1, -0.05) is 5.16 Å². The molecule has 0 atom stereocenters. The van der Waals surface area contributed by atoms with E-state index in [4.69, 9.17) is 0 Å². The third-order valence-electron chi connectivity index (χ3n) is 0.995. The van der Waals surface area contributed by atoms with Gasteiger partial charge in [0.2, 0.25) is 6.41 Å². The van der Waals surface area contributed by atoms with Gasteiger partial charge in [-0.25, -0.2) is 4.98 Å². The molecule has 64 valence electrons. The van der Waals surface area contributed by atoms with Crippen molar-refractivity contribution in [1.29, 1.82) is 0 Å². The lowest BCUT2D eigenvalue weighted by Crippen LogP contribution is -1.92. The van der Waals surface area contributed by atoms with E-state index in [-0.39, 0.29) is 0 Å². The highest BCUT2D eigenvalue weighted by molar-refractivity contribution is 7.14. The van der Waals surface area contributed by atoms with Crippen LogP contribution in [-0.2, 0) is 9.63 Å². The average Bonchev–Trinajstić information content (AvgIpc) is 2.50. The Bertz CT molecular complexity index is 284. The van der Waals surface area contributed by atoms with Crippen molar-refractivity contribution in [1.82, 2.24) is 4.98 Å². The molecule has 0 fully saturated rings. The van der Waals surface area contributed by atoms with Crippen LogP contribution in [0.5, 0.6) is 0 Å². The van der Waals surface area contributed by atoms with Crippen molar-refractivity contribution in [3.8, 4) is 0 Å². The second-order valence-electron chi connectivity index (χ2n) is 1.76. The van der Waals surface area contributed by atoms with Crippen LogP contribution in [0, 0.1) is 0 Å². The minimum absolute atomic E-state index is 0.544. The summed E-state index contributed by atoms with van der Waals surface area (Å²) in [5.74, 6) is 0. The third kappa shape index (κ3) is 2.31. The van der Waals surface area contributed by atoms with Gasteiger partial charge in [0.25, 0.3) is 0 Å².